The minimum absolute atomic E-state index is 0.107. The van der Waals surface area contributed by atoms with Gasteiger partial charge in [-0.15, -0.1) is 0 Å². The molecule has 1 saturated heterocycles. The summed E-state index contributed by atoms with van der Waals surface area (Å²) in [5.41, 5.74) is 4.88. The molecule has 4 nitrogen and oxygen atoms in total. The Labute approximate surface area is 134 Å². The Balaban J connectivity index is 2.36. The molecule has 1 aromatic rings. The van der Waals surface area contributed by atoms with Gasteiger partial charge >= 0.3 is 7.12 Å². The molecule has 23 heavy (non-hydrogen) atoms. The molecule has 1 aliphatic rings. The van der Waals surface area contributed by atoms with Crippen molar-refractivity contribution in [2.24, 2.45) is 5.73 Å². The zero-order valence-electron chi connectivity index (χ0n) is 13.7. The molecule has 0 unspecified atom stereocenters. The standard InChI is InChI=1S/C16H20BF2NO3/c1-15(2)16(3,4)23-17(22-15)11(8-20)5-10-6-13(18)12(9-21)14(19)7-10/h5-7,9H,8,20H2,1-4H3. The van der Waals surface area contributed by atoms with Crippen LogP contribution in [0.2, 0.25) is 0 Å². The van der Waals surface area contributed by atoms with Gasteiger partial charge in [-0.05, 0) is 50.9 Å². The van der Waals surface area contributed by atoms with Gasteiger partial charge in [0.15, 0.2) is 6.29 Å². The van der Waals surface area contributed by atoms with Crippen molar-refractivity contribution in [1.29, 1.82) is 0 Å². The third-order valence-electron chi connectivity index (χ3n) is 4.36. The third-order valence-corrected chi connectivity index (χ3v) is 4.36. The molecule has 1 fully saturated rings. The topological polar surface area (TPSA) is 61.5 Å². The van der Waals surface area contributed by atoms with Gasteiger partial charge in [-0.25, -0.2) is 8.78 Å². The highest BCUT2D eigenvalue weighted by Gasteiger charge is 2.52. The first-order valence-electron chi connectivity index (χ1n) is 7.31. The van der Waals surface area contributed by atoms with Crippen molar-refractivity contribution in [2.45, 2.75) is 38.9 Å². The molecule has 7 heteroatoms. The summed E-state index contributed by atoms with van der Waals surface area (Å²) in [6, 6.07) is 2.15. The molecule has 0 bridgehead atoms. The van der Waals surface area contributed by atoms with Crippen molar-refractivity contribution in [2.75, 3.05) is 6.54 Å². The Hall–Kier alpha value is -1.57. The Morgan fingerprint density at radius 1 is 1.17 bits per heavy atom. The second-order valence-electron chi connectivity index (χ2n) is 6.53. The highest BCUT2D eigenvalue weighted by molar-refractivity contribution is 6.55. The average Bonchev–Trinajstić information content (AvgIpc) is 2.64. The van der Waals surface area contributed by atoms with Gasteiger partial charge in [0.05, 0.1) is 16.8 Å². The summed E-state index contributed by atoms with van der Waals surface area (Å²) in [5.74, 6) is -1.84. The molecule has 0 aliphatic carbocycles. The van der Waals surface area contributed by atoms with Crippen LogP contribution in [0.25, 0.3) is 6.08 Å². The molecular formula is C16H20BF2NO3. The zero-order valence-corrected chi connectivity index (χ0v) is 13.7. The van der Waals surface area contributed by atoms with E-state index in [2.05, 4.69) is 0 Å². The number of nitrogens with two attached hydrogens (primary N) is 1. The molecule has 124 valence electrons. The average molecular weight is 323 g/mol. The van der Waals surface area contributed by atoms with Crippen LogP contribution in [-0.4, -0.2) is 31.2 Å². The Kier molecular flexibility index (Phi) is 4.75. The highest BCUT2D eigenvalue weighted by atomic mass is 19.1. The van der Waals surface area contributed by atoms with Crippen molar-refractivity contribution in [3.63, 3.8) is 0 Å². The molecule has 0 amide bonds. The largest absolute Gasteiger partial charge is 0.491 e. The highest BCUT2D eigenvalue weighted by Crippen LogP contribution is 2.38. The molecule has 1 heterocycles. The predicted molar refractivity (Wildman–Crippen MR) is 84.9 cm³/mol. The number of hydrogen-bond donors (Lipinski definition) is 1. The third kappa shape index (κ3) is 3.36. The lowest BCUT2D eigenvalue weighted by Gasteiger charge is -2.32. The molecule has 0 spiro atoms. The minimum atomic E-state index is -0.920. The maximum Gasteiger partial charge on any atom is 0.491 e. The van der Waals surface area contributed by atoms with Crippen LogP contribution in [0, 0.1) is 11.6 Å². The van der Waals surface area contributed by atoms with E-state index in [4.69, 9.17) is 15.0 Å². The fraction of sp³-hybridized carbons (Fsp3) is 0.438. The van der Waals surface area contributed by atoms with Crippen LogP contribution < -0.4 is 5.73 Å². The van der Waals surface area contributed by atoms with Gasteiger partial charge in [-0.1, -0.05) is 6.08 Å². The van der Waals surface area contributed by atoms with Crippen LogP contribution in [0.4, 0.5) is 8.78 Å². The normalized spacial score (nSPS) is 20.0. The number of carbonyl (C=O) groups is 1. The first-order chi connectivity index (χ1) is 10.6. The van der Waals surface area contributed by atoms with Crippen LogP contribution in [0.5, 0.6) is 0 Å². The lowest BCUT2D eigenvalue weighted by atomic mass is 9.77. The number of benzene rings is 1. The number of aldehydes is 1. The van der Waals surface area contributed by atoms with E-state index < -0.39 is 35.5 Å². The van der Waals surface area contributed by atoms with E-state index in [1.165, 1.54) is 6.08 Å². The fourth-order valence-electron chi connectivity index (χ4n) is 2.23. The lowest BCUT2D eigenvalue weighted by molar-refractivity contribution is 0.00578. The van der Waals surface area contributed by atoms with Gasteiger partial charge in [-0.2, -0.15) is 0 Å². The summed E-state index contributed by atoms with van der Waals surface area (Å²) < 4.78 is 39.2. The summed E-state index contributed by atoms with van der Waals surface area (Å²) in [4.78, 5) is 10.6. The lowest BCUT2D eigenvalue weighted by Crippen LogP contribution is -2.41. The first kappa shape index (κ1) is 17.8. The van der Waals surface area contributed by atoms with Gasteiger partial charge in [0.25, 0.3) is 0 Å². The van der Waals surface area contributed by atoms with Crippen molar-refractivity contribution >= 4 is 19.5 Å². The molecule has 0 aromatic heterocycles. The summed E-state index contributed by atoms with van der Waals surface area (Å²) in [5, 5.41) is 0. The SMILES string of the molecule is CC1(C)OB(C(=Cc2cc(F)c(C=O)c(F)c2)CN)OC1(C)C. The van der Waals surface area contributed by atoms with Gasteiger partial charge in [-0.3, -0.25) is 4.79 Å². The molecule has 1 aromatic carbocycles. The van der Waals surface area contributed by atoms with Crippen molar-refractivity contribution < 1.29 is 22.9 Å². The Morgan fingerprint density at radius 2 is 1.65 bits per heavy atom. The molecular weight excluding hydrogens is 303 g/mol. The second-order valence-corrected chi connectivity index (χ2v) is 6.53. The van der Waals surface area contributed by atoms with E-state index in [0.717, 1.165) is 12.1 Å². The quantitative estimate of drug-likeness (QED) is 0.684. The molecule has 1 aliphatic heterocycles. The van der Waals surface area contributed by atoms with Crippen molar-refractivity contribution in [3.05, 3.63) is 40.4 Å². The number of rotatable bonds is 4. The van der Waals surface area contributed by atoms with Gasteiger partial charge in [0.1, 0.15) is 11.6 Å². The van der Waals surface area contributed by atoms with Gasteiger partial charge in [0.2, 0.25) is 0 Å². The molecule has 2 N–H and O–H groups in total. The monoisotopic (exact) mass is 323 g/mol. The number of hydrogen-bond acceptors (Lipinski definition) is 4. The van der Waals surface area contributed by atoms with Crippen molar-refractivity contribution in [1.82, 2.24) is 0 Å². The molecule has 0 radical (unpaired) electrons. The van der Waals surface area contributed by atoms with Gasteiger partial charge < -0.3 is 15.0 Å². The molecule has 0 atom stereocenters. The van der Waals surface area contributed by atoms with Gasteiger partial charge in [0, 0.05) is 6.54 Å². The minimum Gasteiger partial charge on any atom is -0.400 e. The van der Waals surface area contributed by atoms with E-state index in [1.807, 2.05) is 27.7 Å². The van der Waals surface area contributed by atoms with Crippen LogP contribution in [0.3, 0.4) is 0 Å². The molecule has 2 rings (SSSR count). The van der Waals surface area contributed by atoms with E-state index in [-0.39, 0.29) is 18.4 Å². The number of carbonyl (C=O) groups excluding carboxylic acids is 1. The smallest absolute Gasteiger partial charge is 0.400 e. The van der Waals surface area contributed by atoms with E-state index in [9.17, 15) is 13.6 Å². The van der Waals surface area contributed by atoms with E-state index >= 15 is 0 Å². The van der Waals surface area contributed by atoms with E-state index in [0.29, 0.717) is 5.47 Å². The Morgan fingerprint density at radius 3 is 2.04 bits per heavy atom. The summed E-state index contributed by atoms with van der Waals surface area (Å²) >= 11 is 0. The van der Waals surface area contributed by atoms with Crippen LogP contribution in [-0.2, 0) is 9.31 Å². The summed E-state index contributed by atoms with van der Waals surface area (Å²) in [6.07, 6.45) is 1.67. The maximum atomic E-state index is 13.7. The van der Waals surface area contributed by atoms with E-state index in [1.54, 1.807) is 0 Å². The van der Waals surface area contributed by atoms with Crippen LogP contribution in [0.1, 0.15) is 43.6 Å². The first-order valence-corrected chi connectivity index (χ1v) is 7.31. The Bertz CT molecular complexity index is 620. The zero-order chi connectivity index (χ0) is 17.4. The summed E-state index contributed by atoms with van der Waals surface area (Å²) in [7, 11) is -0.693. The fourth-order valence-corrected chi connectivity index (χ4v) is 2.23. The van der Waals surface area contributed by atoms with Crippen LogP contribution in [0.15, 0.2) is 17.6 Å². The number of halogens is 2. The predicted octanol–water partition coefficient (Wildman–Crippen LogP) is 2.75. The molecule has 0 saturated carbocycles. The maximum absolute atomic E-state index is 13.7. The van der Waals surface area contributed by atoms with Crippen molar-refractivity contribution in [3.8, 4) is 0 Å². The van der Waals surface area contributed by atoms with Crippen LogP contribution >= 0.6 is 0 Å². The second kappa shape index (κ2) is 6.15. The summed E-state index contributed by atoms with van der Waals surface area (Å²) in [6.45, 7) is 7.72.